The molecule has 2 aliphatic rings. The van der Waals surface area contributed by atoms with E-state index in [2.05, 4.69) is 12.2 Å². The molecule has 2 atom stereocenters. The van der Waals surface area contributed by atoms with Crippen LogP contribution in [0.3, 0.4) is 0 Å². The van der Waals surface area contributed by atoms with Crippen LogP contribution in [0, 0.1) is 0 Å². The molecular formula is C18H27N3O2. The minimum Gasteiger partial charge on any atom is -0.335 e. The number of benzene rings is 1. The van der Waals surface area contributed by atoms with Gasteiger partial charge in [-0.1, -0.05) is 49.6 Å². The van der Waals surface area contributed by atoms with Crippen molar-refractivity contribution in [2.45, 2.75) is 57.3 Å². The van der Waals surface area contributed by atoms with Crippen molar-refractivity contribution in [3.8, 4) is 0 Å². The van der Waals surface area contributed by atoms with Gasteiger partial charge in [-0.2, -0.15) is 5.06 Å². The van der Waals surface area contributed by atoms with E-state index in [9.17, 15) is 4.79 Å². The SMILES string of the molecule is C[C@H]1CN(C(=O)NC2CCCCC2)[C@H](c2ccccc2)ON1C. The van der Waals surface area contributed by atoms with Crippen molar-refractivity contribution in [1.29, 1.82) is 0 Å². The normalized spacial score (nSPS) is 27.0. The molecule has 1 N–H and O–H groups in total. The molecule has 5 heteroatoms. The van der Waals surface area contributed by atoms with Crippen LogP contribution in [-0.4, -0.2) is 41.7 Å². The molecule has 126 valence electrons. The van der Waals surface area contributed by atoms with Gasteiger partial charge in [0.05, 0.1) is 6.04 Å². The lowest BCUT2D eigenvalue weighted by Crippen LogP contribution is -2.56. The summed E-state index contributed by atoms with van der Waals surface area (Å²) in [6.07, 6.45) is 5.53. The lowest BCUT2D eigenvalue weighted by molar-refractivity contribution is -0.273. The first-order valence-corrected chi connectivity index (χ1v) is 8.67. The van der Waals surface area contributed by atoms with E-state index in [1.807, 2.05) is 47.3 Å². The van der Waals surface area contributed by atoms with Crippen molar-refractivity contribution < 1.29 is 9.63 Å². The zero-order valence-electron chi connectivity index (χ0n) is 14.1. The second-order valence-electron chi connectivity index (χ2n) is 6.70. The van der Waals surface area contributed by atoms with Crippen LogP contribution in [0.2, 0.25) is 0 Å². The Balaban J connectivity index is 1.74. The van der Waals surface area contributed by atoms with E-state index < -0.39 is 0 Å². The highest BCUT2D eigenvalue weighted by Gasteiger charge is 2.35. The van der Waals surface area contributed by atoms with Gasteiger partial charge in [0.15, 0.2) is 6.23 Å². The van der Waals surface area contributed by atoms with Crippen LogP contribution in [0.25, 0.3) is 0 Å². The number of amides is 2. The molecule has 1 aliphatic heterocycles. The fraction of sp³-hybridized carbons (Fsp3) is 0.611. The molecule has 1 saturated heterocycles. The number of likely N-dealkylation sites (N-methyl/N-ethyl adjacent to an activating group) is 1. The molecule has 0 unspecified atom stereocenters. The number of hydrogen-bond donors (Lipinski definition) is 1. The number of urea groups is 1. The molecule has 1 saturated carbocycles. The van der Waals surface area contributed by atoms with Gasteiger partial charge in [-0.05, 0) is 19.8 Å². The standard InChI is InChI=1S/C18H27N3O2/c1-14-13-21(18(22)19-16-11-7-4-8-12-16)17(23-20(14)2)15-9-5-3-6-10-15/h3,5-6,9-10,14,16-17H,4,7-8,11-13H2,1-2H3,(H,19,22)/t14-,17-/m0/s1. The van der Waals surface area contributed by atoms with Crippen LogP contribution >= 0.6 is 0 Å². The Morgan fingerprint density at radius 3 is 2.57 bits per heavy atom. The van der Waals surface area contributed by atoms with E-state index >= 15 is 0 Å². The Morgan fingerprint density at radius 1 is 1.17 bits per heavy atom. The first kappa shape index (κ1) is 16.3. The van der Waals surface area contributed by atoms with E-state index in [-0.39, 0.29) is 18.3 Å². The zero-order chi connectivity index (χ0) is 16.2. The van der Waals surface area contributed by atoms with Crippen molar-refractivity contribution in [3.05, 3.63) is 35.9 Å². The fourth-order valence-electron chi connectivity index (χ4n) is 3.37. The highest BCUT2D eigenvalue weighted by Crippen LogP contribution is 2.29. The number of carbonyl (C=O) groups excluding carboxylic acids is 1. The lowest BCUT2D eigenvalue weighted by atomic mass is 9.96. The molecule has 5 nitrogen and oxygen atoms in total. The molecule has 0 bridgehead atoms. The van der Waals surface area contributed by atoms with Crippen molar-refractivity contribution in [1.82, 2.24) is 15.3 Å². The van der Waals surface area contributed by atoms with Gasteiger partial charge in [-0.25, -0.2) is 4.79 Å². The number of rotatable bonds is 2. The Kier molecular flexibility index (Phi) is 5.18. The summed E-state index contributed by atoms with van der Waals surface area (Å²) in [6, 6.07) is 10.4. The summed E-state index contributed by atoms with van der Waals surface area (Å²) in [5.74, 6) is 0. The van der Waals surface area contributed by atoms with Gasteiger partial charge < -0.3 is 5.32 Å². The predicted octanol–water partition coefficient (Wildman–Crippen LogP) is 3.30. The fourth-order valence-corrected chi connectivity index (χ4v) is 3.37. The molecule has 0 spiro atoms. The third-order valence-electron chi connectivity index (χ3n) is 4.91. The zero-order valence-corrected chi connectivity index (χ0v) is 14.1. The summed E-state index contributed by atoms with van der Waals surface area (Å²) in [5.41, 5.74) is 1.00. The first-order valence-electron chi connectivity index (χ1n) is 8.67. The van der Waals surface area contributed by atoms with Crippen LogP contribution in [0.4, 0.5) is 4.79 Å². The molecule has 23 heavy (non-hydrogen) atoms. The van der Waals surface area contributed by atoms with Gasteiger partial charge in [0, 0.05) is 25.2 Å². The highest BCUT2D eigenvalue weighted by atomic mass is 16.7. The summed E-state index contributed by atoms with van der Waals surface area (Å²) in [6.45, 7) is 2.73. The molecule has 0 radical (unpaired) electrons. The topological polar surface area (TPSA) is 44.8 Å². The summed E-state index contributed by atoms with van der Waals surface area (Å²) < 4.78 is 0. The third-order valence-corrected chi connectivity index (χ3v) is 4.91. The van der Waals surface area contributed by atoms with E-state index in [0.29, 0.717) is 12.6 Å². The number of hydrogen-bond acceptors (Lipinski definition) is 3. The second-order valence-corrected chi connectivity index (χ2v) is 6.70. The minimum atomic E-state index is -0.360. The molecule has 1 heterocycles. The smallest absolute Gasteiger partial charge is 0.320 e. The maximum Gasteiger partial charge on any atom is 0.320 e. The number of nitrogens with one attached hydrogen (secondary N) is 1. The van der Waals surface area contributed by atoms with Crippen molar-refractivity contribution in [2.24, 2.45) is 0 Å². The Labute approximate surface area is 138 Å². The number of nitrogens with zero attached hydrogens (tertiary/aromatic N) is 2. The van der Waals surface area contributed by atoms with E-state index in [1.165, 1.54) is 19.3 Å². The summed E-state index contributed by atoms with van der Waals surface area (Å²) in [7, 11) is 1.93. The number of carbonyl (C=O) groups is 1. The molecule has 1 aromatic carbocycles. The van der Waals surface area contributed by atoms with Crippen molar-refractivity contribution in [3.63, 3.8) is 0 Å². The largest absolute Gasteiger partial charge is 0.335 e. The maximum absolute atomic E-state index is 12.8. The predicted molar refractivity (Wildman–Crippen MR) is 89.6 cm³/mol. The summed E-state index contributed by atoms with van der Waals surface area (Å²) in [4.78, 5) is 20.7. The second kappa shape index (κ2) is 7.32. The van der Waals surface area contributed by atoms with E-state index in [4.69, 9.17) is 4.84 Å². The van der Waals surface area contributed by atoms with Gasteiger partial charge >= 0.3 is 6.03 Å². The van der Waals surface area contributed by atoms with Gasteiger partial charge in [0.2, 0.25) is 0 Å². The first-order chi connectivity index (χ1) is 11.1. The third kappa shape index (κ3) is 3.85. The minimum absolute atomic E-state index is 0.00861. The Morgan fingerprint density at radius 2 is 1.87 bits per heavy atom. The molecule has 1 aromatic rings. The van der Waals surface area contributed by atoms with E-state index in [0.717, 1.165) is 18.4 Å². The Hall–Kier alpha value is -1.59. The van der Waals surface area contributed by atoms with Crippen LogP contribution in [0.5, 0.6) is 0 Å². The molecule has 0 aromatic heterocycles. The summed E-state index contributed by atoms with van der Waals surface area (Å²) >= 11 is 0. The average molecular weight is 317 g/mol. The highest BCUT2D eigenvalue weighted by molar-refractivity contribution is 5.75. The molecular weight excluding hydrogens is 290 g/mol. The van der Waals surface area contributed by atoms with Crippen LogP contribution < -0.4 is 5.32 Å². The van der Waals surface area contributed by atoms with Gasteiger partial charge in [-0.15, -0.1) is 0 Å². The van der Waals surface area contributed by atoms with Crippen LogP contribution in [0.15, 0.2) is 30.3 Å². The van der Waals surface area contributed by atoms with Crippen molar-refractivity contribution in [2.75, 3.05) is 13.6 Å². The van der Waals surface area contributed by atoms with Gasteiger partial charge in [0.25, 0.3) is 0 Å². The maximum atomic E-state index is 12.8. The van der Waals surface area contributed by atoms with Gasteiger partial charge in [0.1, 0.15) is 0 Å². The molecule has 3 rings (SSSR count). The van der Waals surface area contributed by atoms with Crippen LogP contribution in [0.1, 0.15) is 50.8 Å². The van der Waals surface area contributed by atoms with Crippen molar-refractivity contribution >= 4 is 6.03 Å². The van der Waals surface area contributed by atoms with Gasteiger partial charge in [-0.3, -0.25) is 9.74 Å². The quantitative estimate of drug-likeness (QED) is 0.910. The average Bonchev–Trinajstić information content (AvgIpc) is 2.58. The molecule has 2 fully saturated rings. The van der Waals surface area contributed by atoms with Crippen LogP contribution in [-0.2, 0) is 4.84 Å². The molecule has 2 amide bonds. The summed E-state index contributed by atoms with van der Waals surface area (Å²) in [5, 5.41) is 5.06. The monoisotopic (exact) mass is 317 g/mol. The lowest BCUT2D eigenvalue weighted by Gasteiger charge is -2.43. The number of hydroxylamine groups is 2. The molecule has 1 aliphatic carbocycles. The van der Waals surface area contributed by atoms with E-state index in [1.54, 1.807) is 0 Å². The Bertz CT molecular complexity index is 516.